The van der Waals surface area contributed by atoms with Crippen LogP contribution >= 0.6 is 23.4 Å². The molecule has 778 valence electrons. The van der Waals surface area contributed by atoms with Gasteiger partial charge in [0.2, 0.25) is 98.6 Å². The highest BCUT2D eigenvalue weighted by Crippen LogP contribution is 2.33. The number of carbonyl (C=O) groups is 18. The molecule has 15 atom stereocenters. The number of fused-ring (bicyclic) bond motifs is 5. The molecule has 0 radical (unpaired) electrons. The van der Waals surface area contributed by atoms with Crippen molar-refractivity contribution >= 4 is 162 Å². The largest absolute Gasteiger partial charge is 0.481 e. The Morgan fingerprint density at radius 1 is 0.573 bits per heavy atom. The molecule has 4 aliphatic heterocycles. The van der Waals surface area contributed by atoms with Gasteiger partial charge in [0.05, 0.1) is 30.9 Å². The zero-order valence-electron chi connectivity index (χ0n) is 81.6. The van der Waals surface area contributed by atoms with Crippen molar-refractivity contribution in [3.8, 4) is 0 Å². The smallest absolute Gasteiger partial charge is 0.305 e. The van der Waals surface area contributed by atoms with Crippen LogP contribution in [0.25, 0.3) is 21.8 Å². The van der Waals surface area contributed by atoms with E-state index in [0.29, 0.717) is 82.0 Å². The number of nitrogens with two attached hydrogens (primary N) is 2. The zero-order valence-corrected chi connectivity index (χ0v) is 83.9. The van der Waals surface area contributed by atoms with Crippen LogP contribution in [0.1, 0.15) is 173 Å². The second-order valence-electron chi connectivity index (χ2n) is 37.8. The van der Waals surface area contributed by atoms with E-state index in [1.807, 2.05) is 18.6 Å². The number of hydrogen-bond donors (Lipinski definition) is 17. The molecule has 19 N–H and O–H groups in total. The van der Waals surface area contributed by atoms with Gasteiger partial charge < -0.3 is 114 Å². The number of benzene rings is 3. The molecule has 4 fully saturated rings. The van der Waals surface area contributed by atoms with E-state index in [2.05, 4.69) is 62.8 Å². The minimum Gasteiger partial charge on any atom is -0.481 e. The Hall–Kier alpha value is -13.1. The molecule has 16 amide bonds. The van der Waals surface area contributed by atoms with Gasteiger partial charge in [-0.05, 0) is 131 Å². The maximum Gasteiger partial charge on any atom is 0.305 e. The summed E-state index contributed by atoms with van der Waals surface area (Å²) in [6.07, 6.45) is 2.19. The lowest BCUT2D eigenvalue weighted by atomic mass is 9.97. The van der Waals surface area contributed by atoms with Crippen molar-refractivity contribution in [2.45, 2.75) is 278 Å². The number of nitrogens with zero attached hydrogens (tertiary/aromatic N) is 7. The number of imidazole rings is 1. The quantitative estimate of drug-likeness (QED) is 0.0330. The number of aromatic amines is 2. The summed E-state index contributed by atoms with van der Waals surface area (Å²) in [5.41, 5.74) is 14.8. The first kappa shape index (κ1) is 112. The average molecular weight is 2050 g/mol. The number of aliphatic hydroxyl groups is 1. The minimum atomic E-state index is -4.08. The van der Waals surface area contributed by atoms with E-state index in [1.165, 1.54) is 56.1 Å². The third-order valence-electron chi connectivity index (χ3n) is 26.0. The molecule has 0 saturated carbocycles. The van der Waals surface area contributed by atoms with E-state index in [-0.39, 0.29) is 89.0 Å². The number of carboxylic acid groups (broad SMARTS) is 2. The van der Waals surface area contributed by atoms with Gasteiger partial charge in [0.25, 0.3) is 5.91 Å². The molecule has 0 bridgehead atoms. The number of aromatic nitrogens is 4. The Bertz CT molecular complexity index is 5740. The number of nitrogens with one attached hydrogen (secondary N) is 12. The van der Waals surface area contributed by atoms with Crippen molar-refractivity contribution in [1.29, 1.82) is 0 Å². The van der Waals surface area contributed by atoms with Crippen LogP contribution in [0.2, 0.25) is 5.02 Å². The van der Waals surface area contributed by atoms with Crippen LogP contribution in [0.3, 0.4) is 0 Å². The van der Waals surface area contributed by atoms with Gasteiger partial charge in [0, 0.05) is 128 Å². The molecule has 7 heterocycles. The Balaban J connectivity index is 1.05. The van der Waals surface area contributed by atoms with Gasteiger partial charge in [-0.2, -0.15) is 0 Å². The van der Waals surface area contributed by atoms with Gasteiger partial charge in [-0.1, -0.05) is 114 Å². The number of thioether (sulfide) groups is 1. The van der Waals surface area contributed by atoms with Crippen molar-refractivity contribution in [3.05, 3.63) is 125 Å². The summed E-state index contributed by atoms with van der Waals surface area (Å²) in [6, 6.07) is -2.80. The first-order valence-corrected chi connectivity index (χ1v) is 51.3. The number of piperidine rings is 1. The van der Waals surface area contributed by atoms with Crippen molar-refractivity contribution in [1.82, 2.24) is 96.6 Å². The topological polar surface area (TPSA) is 640 Å². The van der Waals surface area contributed by atoms with E-state index >= 15 is 52.7 Å². The number of aliphatic carboxylic acids is 2. The van der Waals surface area contributed by atoms with E-state index in [4.69, 9.17) is 23.1 Å². The van der Waals surface area contributed by atoms with Crippen LogP contribution < -0.4 is 64.0 Å². The molecular weight excluding hydrogens is 1910 g/mol. The number of halogens is 1. The fourth-order valence-corrected chi connectivity index (χ4v) is 20.1. The number of primary amides is 1. The summed E-state index contributed by atoms with van der Waals surface area (Å²) in [5.74, 6) is -19.3. The number of H-pyrrole nitrogens is 2. The second kappa shape index (κ2) is 51.2. The first-order valence-electron chi connectivity index (χ1n) is 48.0. The van der Waals surface area contributed by atoms with Crippen molar-refractivity contribution in [3.63, 3.8) is 0 Å². The van der Waals surface area contributed by atoms with Gasteiger partial charge in [-0.15, -0.1) is 11.8 Å². The number of rotatable bonds is 27. The van der Waals surface area contributed by atoms with Crippen LogP contribution in [0.4, 0.5) is 0 Å². The molecule has 3 aromatic heterocycles. The van der Waals surface area contributed by atoms with E-state index in [9.17, 15) is 57.3 Å². The monoisotopic (exact) mass is 2050 g/mol. The fourth-order valence-electron chi connectivity index (χ4n) is 18.6. The molecule has 4 aliphatic rings. The number of para-hydroxylation sites is 2. The van der Waals surface area contributed by atoms with Crippen LogP contribution in [0.15, 0.2) is 97.7 Å². The molecular formula is C96H132ClN21O23S2. The summed E-state index contributed by atoms with van der Waals surface area (Å²) in [6.45, 7) is 8.45. The van der Waals surface area contributed by atoms with Gasteiger partial charge in [-0.3, -0.25) is 91.0 Å². The number of likely N-dealkylation sites (N-methyl/N-ethyl adjacent to an activating group) is 2. The van der Waals surface area contributed by atoms with Crippen molar-refractivity contribution in [2.75, 3.05) is 52.3 Å². The molecule has 0 aliphatic carbocycles. The van der Waals surface area contributed by atoms with Crippen LogP contribution in [0, 0.1) is 5.92 Å². The number of hydrogen-bond acceptors (Lipinski definition) is 24. The Labute approximate surface area is 836 Å². The van der Waals surface area contributed by atoms with Crippen LogP contribution in [0.5, 0.6) is 0 Å². The SMILES string of the molecule is CCCC[C@H]1C(=O)N(C)[C@@H](CCCC)C(=O)N[C@@H](CC(C)C)C(=O)N[C@H](C(N)=O)C(C)(C)SCC(=O)N[C@@H](Cc2ccc(Cl)cc2)C(=O)N2CCCC[C@H]2C(=O)N[C@@H](CC(=O)O)C(=O)N2CCC[C@H]2C(=O)N[C@@H](Cc2cnc[nH]2)C(=O)N[C@@H](CCC(=O)O)C(=O)N2C[C@H](O)C[C@H]2C(=O)N[C@@H](Cc2c[nH]c3ccccc23)C(=O)N[C@@H](CCN)C(=O)N[C@@H](Cc2cn(CC(=O)NS(C)(=O)=O)c3ccccc23)C(=O)N1C. The molecule has 10 rings (SSSR count). The first-order chi connectivity index (χ1) is 67.8. The highest BCUT2D eigenvalue weighted by molar-refractivity contribution is 8.01. The van der Waals surface area contributed by atoms with Crippen molar-refractivity contribution in [2.24, 2.45) is 17.4 Å². The van der Waals surface area contributed by atoms with Gasteiger partial charge >= 0.3 is 11.9 Å². The summed E-state index contributed by atoms with van der Waals surface area (Å²) in [7, 11) is -1.41. The number of unbranched alkanes of at least 4 members (excludes halogenated alkanes) is 2. The fraction of sp³-hybridized carbons (Fsp3) is 0.552. The predicted octanol–water partition coefficient (Wildman–Crippen LogP) is 0.322. The predicted molar refractivity (Wildman–Crippen MR) is 526 cm³/mol. The molecule has 44 nitrogen and oxygen atoms in total. The third kappa shape index (κ3) is 30.5. The minimum absolute atomic E-state index is 0.00602. The summed E-state index contributed by atoms with van der Waals surface area (Å²) >= 11 is 7.17. The second-order valence-corrected chi connectivity index (χ2v) is 41.7. The summed E-state index contributed by atoms with van der Waals surface area (Å²) < 4.78 is 26.6. The molecule has 0 spiro atoms. The molecule has 143 heavy (non-hydrogen) atoms. The maximum atomic E-state index is 16.1. The van der Waals surface area contributed by atoms with Gasteiger partial charge in [0.15, 0.2) is 0 Å². The van der Waals surface area contributed by atoms with Crippen molar-refractivity contribution < 1.29 is 110 Å². The highest BCUT2D eigenvalue weighted by Gasteiger charge is 2.48. The zero-order chi connectivity index (χ0) is 105. The molecule has 47 heteroatoms. The lowest BCUT2D eigenvalue weighted by Gasteiger charge is -2.38. The van der Waals surface area contributed by atoms with E-state index < -0.39 is 269 Å². The average Bonchev–Trinajstić information content (AvgIpc) is 1.77. The normalized spacial score (nSPS) is 25.0. The number of carbonyl (C=O) groups excluding carboxylic acids is 16. The van der Waals surface area contributed by atoms with Crippen LogP contribution in [-0.4, -0.2) is 322 Å². The third-order valence-corrected chi connectivity index (χ3v) is 28.3. The lowest BCUT2D eigenvalue weighted by molar-refractivity contribution is -0.149. The number of amides is 16. The molecule has 0 unspecified atom stereocenters. The Morgan fingerprint density at radius 2 is 1.12 bits per heavy atom. The maximum absolute atomic E-state index is 16.1. The summed E-state index contributed by atoms with van der Waals surface area (Å²) in [4.78, 5) is 283. The standard InChI is InChI=1S/C96H132ClN21O23S2/c1-10-12-24-72-87(131)106-65(39-53(3)4)86(130)111-81(82(99)126)96(5,6)142-51-78(121)103-68(40-54-29-31-57(97)32-30-54)93(137)116-37-19-18-27-73(116)89(133)110-70(45-80(124)125)94(138)117-38-20-28-74(117)88(132)108-67(43-58-47-100-52-102-58)85(129)105-64(33-34-79(122)123)92(136)118-49-59(119)44-76(118)90(134)107-66(41-55-46-101-62-23-16-14-21-60(55)62)84(128)104-63(35-36-98)83(127)109-69(91(135)114(8)75(25-13-11-2)95(139)113(72)7)42-56-48-115(50-77(120)112-143(9,140)141)71-26-17-15-22-61(56)71/h14-17,21-23,26,29-32,46-48,52-53,59,63-70,72-76,81,101,119H,10-13,18-20,24-25,27-28,33-45,49-51,98H2,1-9H3,(H2,99,126)(H,100,102)(H,103,121)(H,104,128)(H,105,129)(H,106,131)(H,107,134)(H,108,132)(H,109,127)(H,110,133)(H,111,130)(H,112,120)(H,122,123)(H,124,125)/t59-,63+,64+,65+,66+,67+,68+,69+,70+,72+,73+,74+,75+,76+,81-/m1/s1. The van der Waals surface area contributed by atoms with E-state index in [1.54, 1.807) is 92.8 Å². The number of aliphatic hydroxyl groups excluding tert-OH is 1. The molecule has 6 aromatic rings. The van der Waals surface area contributed by atoms with Crippen LogP contribution in [-0.2, 0) is 129 Å². The molecule has 3 aromatic carbocycles. The highest BCUT2D eigenvalue weighted by atomic mass is 35.5. The lowest BCUT2D eigenvalue weighted by Crippen LogP contribution is -2.62. The Kier molecular flexibility index (Phi) is 40.1. The van der Waals surface area contributed by atoms with E-state index in [0.717, 1.165) is 37.6 Å². The van der Waals surface area contributed by atoms with Gasteiger partial charge in [-0.25, -0.2) is 13.4 Å². The number of sulfonamides is 1. The number of carboxylic acids is 2. The Morgan fingerprint density at radius 3 is 1.74 bits per heavy atom. The molecule has 4 saturated heterocycles. The van der Waals surface area contributed by atoms with Gasteiger partial charge in [0.1, 0.15) is 91.1 Å². The summed E-state index contributed by atoms with van der Waals surface area (Å²) in [5, 5.41) is 57.7.